The summed E-state index contributed by atoms with van der Waals surface area (Å²) in [6, 6.07) is 12.2. The molecule has 1 unspecified atom stereocenters. The van der Waals surface area contributed by atoms with E-state index >= 15 is 0 Å². The molecule has 138 valence electrons. The highest BCUT2D eigenvalue weighted by Crippen LogP contribution is 2.18. The topological polar surface area (TPSA) is 67.4 Å². The van der Waals surface area contributed by atoms with Crippen LogP contribution in [0.15, 0.2) is 48.5 Å². The average molecular weight is 358 g/mol. The maximum atomic E-state index is 13.8. The quantitative estimate of drug-likeness (QED) is 0.835. The molecule has 0 fully saturated rings. The van der Waals surface area contributed by atoms with E-state index in [1.165, 1.54) is 6.07 Å². The number of ether oxygens (including phenoxy) is 1. The van der Waals surface area contributed by atoms with Crippen molar-refractivity contribution in [2.75, 3.05) is 5.32 Å². The van der Waals surface area contributed by atoms with Crippen LogP contribution in [-0.4, -0.2) is 17.6 Å². The molecule has 2 aromatic rings. The van der Waals surface area contributed by atoms with Crippen molar-refractivity contribution in [3.05, 3.63) is 65.5 Å². The van der Waals surface area contributed by atoms with E-state index in [9.17, 15) is 14.0 Å². The summed E-state index contributed by atoms with van der Waals surface area (Å²) in [6.45, 7) is 7.04. The highest BCUT2D eigenvalue weighted by atomic mass is 19.1. The van der Waals surface area contributed by atoms with E-state index in [2.05, 4.69) is 10.6 Å². The van der Waals surface area contributed by atoms with Crippen LogP contribution in [0.5, 0.6) is 0 Å². The van der Waals surface area contributed by atoms with Crippen LogP contribution in [0, 0.1) is 5.82 Å². The summed E-state index contributed by atoms with van der Waals surface area (Å²) >= 11 is 0. The van der Waals surface area contributed by atoms with Gasteiger partial charge in [0.1, 0.15) is 11.4 Å². The lowest BCUT2D eigenvalue weighted by Gasteiger charge is -2.19. The Morgan fingerprint density at radius 2 is 1.65 bits per heavy atom. The lowest BCUT2D eigenvalue weighted by molar-refractivity contribution is 0.0635. The van der Waals surface area contributed by atoms with Crippen molar-refractivity contribution in [3.8, 4) is 0 Å². The zero-order valence-electron chi connectivity index (χ0n) is 15.3. The molecule has 1 atom stereocenters. The van der Waals surface area contributed by atoms with Crippen LogP contribution in [-0.2, 0) is 4.74 Å². The van der Waals surface area contributed by atoms with Crippen molar-refractivity contribution in [2.45, 2.75) is 39.3 Å². The third kappa shape index (κ3) is 5.58. The molecule has 26 heavy (non-hydrogen) atoms. The number of halogens is 1. The fraction of sp³-hybridized carbons (Fsp3) is 0.300. The number of nitrogens with one attached hydrogen (secondary N) is 2. The first-order valence-electron chi connectivity index (χ1n) is 8.31. The van der Waals surface area contributed by atoms with Crippen LogP contribution in [0.4, 0.5) is 14.9 Å². The van der Waals surface area contributed by atoms with E-state index in [-0.39, 0.29) is 11.7 Å². The van der Waals surface area contributed by atoms with Crippen molar-refractivity contribution in [1.82, 2.24) is 5.32 Å². The summed E-state index contributed by atoms with van der Waals surface area (Å²) in [6.07, 6.45) is -0.567. The molecule has 2 N–H and O–H groups in total. The Kier molecular flexibility index (Phi) is 5.97. The van der Waals surface area contributed by atoms with Crippen LogP contribution < -0.4 is 10.6 Å². The van der Waals surface area contributed by atoms with Crippen molar-refractivity contribution in [1.29, 1.82) is 0 Å². The third-order valence-electron chi connectivity index (χ3n) is 3.51. The second-order valence-electron chi connectivity index (χ2n) is 6.92. The molecule has 2 amide bonds. The monoisotopic (exact) mass is 358 g/mol. The van der Waals surface area contributed by atoms with Gasteiger partial charge >= 0.3 is 6.09 Å². The van der Waals surface area contributed by atoms with Gasteiger partial charge in [-0.2, -0.15) is 0 Å². The highest BCUT2D eigenvalue weighted by Gasteiger charge is 2.17. The summed E-state index contributed by atoms with van der Waals surface area (Å²) in [7, 11) is 0. The predicted octanol–water partition coefficient (Wildman–Crippen LogP) is 4.66. The van der Waals surface area contributed by atoms with E-state index in [1.807, 2.05) is 0 Å². The molecule has 0 aliphatic carbocycles. The van der Waals surface area contributed by atoms with Gasteiger partial charge in [0, 0.05) is 16.8 Å². The van der Waals surface area contributed by atoms with Gasteiger partial charge in [0.25, 0.3) is 5.91 Å². The number of hydrogen-bond donors (Lipinski definition) is 2. The van der Waals surface area contributed by atoms with E-state index in [1.54, 1.807) is 70.2 Å². The minimum atomic E-state index is -0.591. The second-order valence-corrected chi connectivity index (χ2v) is 6.92. The van der Waals surface area contributed by atoms with Crippen LogP contribution in [0.1, 0.15) is 49.7 Å². The molecule has 0 aliphatic rings. The van der Waals surface area contributed by atoms with Gasteiger partial charge in [-0.1, -0.05) is 18.2 Å². The molecule has 6 heteroatoms. The summed E-state index contributed by atoms with van der Waals surface area (Å²) in [4.78, 5) is 24.0. The molecule has 0 aliphatic heterocycles. The average Bonchev–Trinajstić information content (AvgIpc) is 2.53. The molecule has 0 aromatic heterocycles. The van der Waals surface area contributed by atoms with Crippen molar-refractivity contribution >= 4 is 17.7 Å². The van der Waals surface area contributed by atoms with Gasteiger partial charge in [0.2, 0.25) is 0 Å². The van der Waals surface area contributed by atoms with Crippen molar-refractivity contribution in [3.63, 3.8) is 0 Å². The molecule has 0 spiro atoms. The summed E-state index contributed by atoms with van der Waals surface area (Å²) in [5.41, 5.74) is 0.747. The van der Waals surface area contributed by atoms with Gasteiger partial charge in [0.05, 0.1) is 6.04 Å². The maximum Gasteiger partial charge on any atom is 0.412 e. The Labute approximate surface area is 152 Å². The van der Waals surface area contributed by atoms with E-state index in [0.29, 0.717) is 16.8 Å². The molecule has 5 nitrogen and oxygen atoms in total. The van der Waals surface area contributed by atoms with E-state index in [4.69, 9.17) is 4.74 Å². The Bertz CT molecular complexity index is 782. The molecule has 0 bridgehead atoms. The number of benzene rings is 2. The van der Waals surface area contributed by atoms with Crippen LogP contribution in [0.3, 0.4) is 0 Å². The standard InChI is InChI=1S/C20H23FN2O3/c1-13(16-7-5-6-8-17(16)21)22-18(24)14-9-11-15(12-10-14)23-19(25)26-20(2,3)4/h5-13H,1-4H3,(H,22,24)(H,23,25). The third-order valence-corrected chi connectivity index (χ3v) is 3.51. The predicted molar refractivity (Wildman–Crippen MR) is 98.6 cm³/mol. The van der Waals surface area contributed by atoms with Crippen molar-refractivity contribution in [2.24, 2.45) is 0 Å². The lowest BCUT2D eigenvalue weighted by Crippen LogP contribution is -2.28. The summed E-state index contributed by atoms with van der Waals surface area (Å²) < 4.78 is 18.9. The van der Waals surface area contributed by atoms with Gasteiger partial charge < -0.3 is 10.1 Å². The van der Waals surface area contributed by atoms with Gasteiger partial charge in [-0.15, -0.1) is 0 Å². The Morgan fingerprint density at radius 1 is 1.04 bits per heavy atom. The summed E-state index contributed by atoms with van der Waals surface area (Å²) in [5, 5.41) is 5.35. The highest BCUT2D eigenvalue weighted by molar-refractivity contribution is 5.95. The largest absolute Gasteiger partial charge is 0.444 e. The minimum absolute atomic E-state index is 0.329. The number of anilines is 1. The van der Waals surface area contributed by atoms with Crippen molar-refractivity contribution < 1.29 is 18.7 Å². The number of carbonyl (C=O) groups is 2. The van der Waals surface area contributed by atoms with Gasteiger partial charge in [-0.3, -0.25) is 10.1 Å². The zero-order valence-corrected chi connectivity index (χ0v) is 15.3. The molecule has 0 heterocycles. The molecule has 2 aromatic carbocycles. The number of carbonyl (C=O) groups excluding carboxylic acids is 2. The first-order valence-corrected chi connectivity index (χ1v) is 8.31. The molecule has 0 saturated heterocycles. The van der Waals surface area contributed by atoms with Crippen LogP contribution in [0.2, 0.25) is 0 Å². The minimum Gasteiger partial charge on any atom is -0.444 e. The number of amides is 2. The fourth-order valence-electron chi connectivity index (χ4n) is 2.31. The van der Waals surface area contributed by atoms with E-state index < -0.39 is 17.7 Å². The Hall–Kier alpha value is -2.89. The Balaban J connectivity index is 1.98. The Morgan fingerprint density at radius 3 is 2.23 bits per heavy atom. The SMILES string of the molecule is CC(NC(=O)c1ccc(NC(=O)OC(C)(C)C)cc1)c1ccccc1F. The zero-order chi connectivity index (χ0) is 19.3. The second kappa shape index (κ2) is 7.99. The van der Waals surface area contributed by atoms with Crippen LogP contribution in [0.25, 0.3) is 0 Å². The number of hydrogen-bond acceptors (Lipinski definition) is 3. The van der Waals surface area contributed by atoms with Gasteiger partial charge in [-0.25, -0.2) is 9.18 Å². The lowest BCUT2D eigenvalue weighted by atomic mass is 10.1. The number of rotatable bonds is 4. The normalized spacial score (nSPS) is 12.2. The van der Waals surface area contributed by atoms with Gasteiger partial charge in [0.15, 0.2) is 0 Å². The summed E-state index contributed by atoms with van der Waals surface area (Å²) in [5.74, 6) is -0.693. The smallest absolute Gasteiger partial charge is 0.412 e. The first-order chi connectivity index (χ1) is 12.2. The molecular weight excluding hydrogens is 335 g/mol. The molecule has 0 radical (unpaired) electrons. The first kappa shape index (κ1) is 19.4. The van der Waals surface area contributed by atoms with E-state index in [0.717, 1.165) is 0 Å². The molecule has 2 rings (SSSR count). The maximum absolute atomic E-state index is 13.8. The van der Waals surface area contributed by atoms with Crippen LogP contribution >= 0.6 is 0 Å². The van der Waals surface area contributed by atoms with Gasteiger partial charge in [-0.05, 0) is 58.0 Å². The molecular formula is C20H23FN2O3. The fourth-order valence-corrected chi connectivity index (χ4v) is 2.31. The molecule has 0 saturated carbocycles.